The van der Waals surface area contributed by atoms with E-state index in [-0.39, 0.29) is 35.8 Å². The van der Waals surface area contributed by atoms with Gasteiger partial charge in [-0.15, -0.1) is 0 Å². The highest BCUT2D eigenvalue weighted by atomic mass is 16.5. The Kier molecular flexibility index (Phi) is 5.31. The minimum Gasteiger partial charge on any atom is -0.376 e. The SMILES string of the molecule is CCn1c(=O)c2c(C(=O)NC[C@@H]3CCCO3)cc(=O)n(CC)c2n(C)c1=O. The topological polar surface area (TPSA) is 104 Å². The molecule has 0 unspecified atom stereocenters. The van der Waals surface area contributed by atoms with Crippen LogP contribution in [0.4, 0.5) is 0 Å². The number of hydrogen-bond donors (Lipinski definition) is 1. The summed E-state index contributed by atoms with van der Waals surface area (Å²) in [6, 6.07) is 1.17. The van der Waals surface area contributed by atoms with Crippen LogP contribution in [-0.4, -0.2) is 38.9 Å². The molecule has 9 heteroatoms. The van der Waals surface area contributed by atoms with Crippen LogP contribution >= 0.6 is 0 Å². The Bertz CT molecular complexity index is 1060. The van der Waals surface area contributed by atoms with E-state index in [1.807, 2.05) is 0 Å². The van der Waals surface area contributed by atoms with E-state index < -0.39 is 22.7 Å². The summed E-state index contributed by atoms with van der Waals surface area (Å²) in [7, 11) is 1.50. The molecule has 0 radical (unpaired) electrons. The largest absolute Gasteiger partial charge is 0.376 e. The first kappa shape index (κ1) is 19.1. The Hall–Kier alpha value is -2.68. The van der Waals surface area contributed by atoms with Crippen LogP contribution in [0.15, 0.2) is 20.4 Å². The monoisotopic (exact) mass is 376 g/mol. The highest BCUT2D eigenvalue weighted by Crippen LogP contribution is 2.14. The number of aromatic nitrogens is 3. The maximum absolute atomic E-state index is 12.9. The first-order valence-corrected chi connectivity index (χ1v) is 9.17. The molecular formula is C18H24N4O5. The Morgan fingerprint density at radius 3 is 2.52 bits per heavy atom. The van der Waals surface area contributed by atoms with E-state index in [0.29, 0.717) is 13.2 Å². The van der Waals surface area contributed by atoms with Gasteiger partial charge in [0.1, 0.15) is 5.65 Å². The van der Waals surface area contributed by atoms with E-state index in [0.717, 1.165) is 17.4 Å². The molecule has 1 fully saturated rings. The molecule has 1 saturated heterocycles. The van der Waals surface area contributed by atoms with Crippen LogP contribution in [0, 0.1) is 0 Å². The molecule has 3 heterocycles. The number of rotatable bonds is 5. The molecule has 0 spiro atoms. The molecular weight excluding hydrogens is 352 g/mol. The zero-order chi connectivity index (χ0) is 19.7. The molecule has 0 aliphatic carbocycles. The van der Waals surface area contributed by atoms with Crippen molar-refractivity contribution >= 4 is 16.9 Å². The predicted octanol–water partition coefficient (Wildman–Crippen LogP) is -0.189. The number of carbonyl (C=O) groups is 1. The molecule has 0 aromatic carbocycles. The first-order chi connectivity index (χ1) is 12.9. The Balaban J connectivity index is 2.22. The molecule has 1 amide bonds. The summed E-state index contributed by atoms with van der Waals surface area (Å²) in [6.07, 6.45) is 1.74. The van der Waals surface area contributed by atoms with Crippen LogP contribution in [-0.2, 0) is 24.9 Å². The van der Waals surface area contributed by atoms with Gasteiger partial charge in [0.05, 0.1) is 17.1 Å². The normalized spacial score (nSPS) is 16.8. The minimum absolute atomic E-state index is 0.0134. The molecule has 146 valence electrons. The van der Waals surface area contributed by atoms with Crippen molar-refractivity contribution in [1.29, 1.82) is 0 Å². The number of nitrogens with zero attached hydrogens (tertiary/aromatic N) is 3. The molecule has 2 aromatic heterocycles. The third kappa shape index (κ3) is 3.23. The van der Waals surface area contributed by atoms with E-state index in [2.05, 4.69) is 5.32 Å². The van der Waals surface area contributed by atoms with Crippen LogP contribution in [0.1, 0.15) is 37.0 Å². The maximum Gasteiger partial charge on any atom is 0.332 e. The summed E-state index contributed by atoms with van der Waals surface area (Å²) in [5, 5.41) is 2.82. The number of aryl methyl sites for hydroxylation is 2. The third-order valence-corrected chi connectivity index (χ3v) is 4.97. The van der Waals surface area contributed by atoms with Gasteiger partial charge in [-0.25, -0.2) is 4.79 Å². The van der Waals surface area contributed by atoms with Gasteiger partial charge < -0.3 is 10.1 Å². The van der Waals surface area contributed by atoms with Crippen molar-refractivity contribution in [2.24, 2.45) is 7.05 Å². The fourth-order valence-electron chi connectivity index (χ4n) is 3.56. The van der Waals surface area contributed by atoms with Gasteiger partial charge in [-0.2, -0.15) is 0 Å². The summed E-state index contributed by atoms with van der Waals surface area (Å²) in [6.45, 7) is 4.85. The molecule has 0 saturated carbocycles. The molecule has 1 atom stereocenters. The molecule has 27 heavy (non-hydrogen) atoms. The van der Waals surface area contributed by atoms with E-state index in [1.165, 1.54) is 22.2 Å². The summed E-state index contributed by atoms with van der Waals surface area (Å²) in [5.41, 5.74) is -1.38. The van der Waals surface area contributed by atoms with E-state index >= 15 is 0 Å². The van der Waals surface area contributed by atoms with Crippen molar-refractivity contribution in [2.75, 3.05) is 13.2 Å². The van der Waals surface area contributed by atoms with Gasteiger partial charge in [-0.05, 0) is 26.7 Å². The average molecular weight is 376 g/mol. The summed E-state index contributed by atoms with van der Waals surface area (Å²) in [4.78, 5) is 50.7. The van der Waals surface area contributed by atoms with E-state index in [4.69, 9.17) is 4.74 Å². The second kappa shape index (κ2) is 7.51. The summed E-state index contributed by atoms with van der Waals surface area (Å²) in [5.74, 6) is -0.519. The smallest absolute Gasteiger partial charge is 0.332 e. The van der Waals surface area contributed by atoms with Crippen molar-refractivity contribution in [2.45, 2.75) is 45.9 Å². The first-order valence-electron chi connectivity index (χ1n) is 9.17. The minimum atomic E-state index is -0.569. The number of hydrogen-bond acceptors (Lipinski definition) is 5. The quantitative estimate of drug-likeness (QED) is 0.779. The van der Waals surface area contributed by atoms with Crippen molar-refractivity contribution in [3.05, 3.63) is 42.8 Å². The predicted molar refractivity (Wildman–Crippen MR) is 100 cm³/mol. The number of pyridine rings is 1. The summed E-state index contributed by atoms with van der Waals surface area (Å²) < 4.78 is 9.13. The van der Waals surface area contributed by atoms with Gasteiger partial charge in [0, 0.05) is 39.4 Å². The standard InChI is InChI=1S/C18H24N4O5/c1-4-21-13(23)9-12(15(24)19-10-11-7-6-8-27-11)14-16(21)20(3)18(26)22(5-2)17(14)25/h9,11H,4-8,10H2,1-3H3,(H,19,24)/t11-/m0/s1. The highest BCUT2D eigenvalue weighted by Gasteiger charge is 2.23. The van der Waals surface area contributed by atoms with Crippen molar-refractivity contribution in [3.63, 3.8) is 0 Å². The number of nitrogens with one attached hydrogen (secondary N) is 1. The van der Waals surface area contributed by atoms with Gasteiger partial charge in [0.25, 0.3) is 17.0 Å². The fraction of sp³-hybridized carbons (Fsp3) is 0.556. The molecule has 2 aromatic rings. The lowest BCUT2D eigenvalue weighted by atomic mass is 10.1. The molecule has 1 aliphatic rings. The summed E-state index contributed by atoms with van der Waals surface area (Å²) >= 11 is 0. The fourth-order valence-corrected chi connectivity index (χ4v) is 3.56. The molecule has 1 N–H and O–H groups in total. The van der Waals surface area contributed by atoms with Gasteiger partial charge in [-0.1, -0.05) is 0 Å². The van der Waals surface area contributed by atoms with Crippen molar-refractivity contribution < 1.29 is 9.53 Å². The lowest BCUT2D eigenvalue weighted by Crippen LogP contribution is -2.42. The molecule has 3 rings (SSSR count). The third-order valence-electron chi connectivity index (χ3n) is 4.97. The zero-order valence-electron chi connectivity index (χ0n) is 15.8. The lowest BCUT2D eigenvalue weighted by molar-refractivity contribution is 0.0859. The van der Waals surface area contributed by atoms with E-state index in [9.17, 15) is 19.2 Å². The maximum atomic E-state index is 12.9. The average Bonchev–Trinajstić information content (AvgIpc) is 3.17. The number of amides is 1. The van der Waals surface area contributed by atoms with Gasteiger partial charge in [0.15, 0.2) is 0 Å². The Labute approximate surface area is 155 Å². The number of ether oxygens (including phenoxy) is 1. The molecule has 0 bridgehead atoms. The Morgan fingerprint density at radius 1 is 1.22 bits per heavy atom. The Morgan fingerprint density at radius 2 is 1.93 bits per heavy atom. The van der Waals surface area contributed by atoms with Crippen LogP contribution in [0.25, 0.3) is 11.0 Å². The second-order valence-corrected chi connectivity index (χ2v) is 6.58. The van der Waals surface area contributed by atoms with E-state index in [1.54, 1.807) is 13.8 Å². The van der Waals surface area contributed by atoms with Crippen molar-refractivity contribution in [1.82, 2.24) is 19.0 Å². The van der Waals surface area contributed by atoms with Gasteiger partial charge in [-0.3, -0.25) is 28.1 Å². The van der Waals surface area contributed by atoms with Crippen molar-refractivity contribution in [3.8, 4) is 0 Å². The van der Waals surface area contributed by atoms with Crippen LogP contribution < -0.4 is 22.1 Å². The molecule has 1 aliphatic heterocycles. The van der Waals surface area contributed by atoms with Gasteiger partial charge in [0.2, 0.25) is 0 Å². The lowest BCUT2D eigenvalue weighted by Gasteiger charge is -2.17. The second-order valence-electron chi connectivity index (χ2n) is 6.58. The van der Waals surface area contributed by atoms with Crippen LogP contribution in [0.2, 0.25) is 0 Å². The van der Waals surface area contributed by atoms with Crippen LogP contribution in [0.5, 0.6) is 0 Å². The van der Waals surface area contributed by atoms with Crippen LogP contribution in [0.3, 0.4) is 0 Å². The molecule has 9 nitrogen and oxygen atoms in total. The zero-order valence-corrected chi connectivity index (χ0v) is 15.8. The number of fused-ring (bicyclic) bond motifs is 1. The number of carbonyl (C=O) groups excluding carboxylic acids is 1. The van der Waals surface area contributed by atoms with Gasteiger partial charge >= 0.3 is 5.69 Å². The highest BCUT2D eigenvalue weighted by molar-refractivity contribution is 6.05.